The Morgan fingerprint density at radius 1 is 0.882 bits per heavy atom. The standard InChI is InChI=1S/C25H23N3O5S/c1-3-28(19-11-5-4-6-12-19)34(31,32)20-13-9-10-18(16-20)24(29)26-27-25(30)23-17(2)21-14-7-8-15-22(21)33-23/h4-16H,3H2,1-2H3,(H,26,29)(H,27,30). The summed E-state index contributed by atoms with van der Waals surface area (Å²) in [5.41, 5.74) is 6.45. The van der Waals surface area contributed by atoms with Crippen LogP contribution in [-0.2, 0) is 10.0 Å². The van der Waals surface area contributed by atoms with E-state index in [0.717, 1.165) is 5.39 Å². The number of furan rings is 1. The van der Waals surface area contributed by atoms with Crippen LogP contribution in [0, 0.1) is 6.92 Å². The van der Waals surface area contributed by atoms with Gasteiger partial charge in [-0.25, -0.2) is 8.42 Å². The van der Waals surface area contributed by atoms with Crippen molar-refractivity contribution < 1.29 is 22.4 Å². The maximum absolute atomic E-state index is 13.2. The zero-order valence-corrected chi connectivity index (χ0v) is 19.4. The van der Waals surface area contributed by atoms with E-state index < -0.39 is 21.8 Å². The van der Waals surface area contributed by atoms with E-state index in [1.807, 2.05) is 12.1 Å². The molecule has 0 aliphatic heterocycles. The summed E-state index contributed by atoms with van der Waals surface area (Å²) in [6, 6.07) is 21.6. The Morgan fingerprint density at radius 3 is 2.26 bits per heavy atom. The minimum absolute atomic E-state index is 0.0368. The Morgan fingerprint density at radius 2 is 1.56 bits per heavy atom. The minimum Gasteiger partial charge on any atom is -0.451 e. The van der Waals surface area contributed by atoms with Gasteiger partial charge in [0, 0.05) is 23.1 Å². The summed E-state index contributed by atoms with van der Waals surface area (Å²) in [5, 5.41) is 0.802. The number of hydrogen-bond acceptors (Lipinski definition) is 5. The van der Waals surface area contributed by atoms with Crippen LogP contribution < -0.4 is 15.2 Å². The third-order valence-electron chi connectivity index (χ3n) is 5.36. The van der Waals surface area contributed by atoms with Gasteiger partial charge in [0.2, 0.25) is 0 Å². The van der Waals surface area contributed by atoms with E-state index in [1.165, 1.54) is 28.6 Å². The fraction of sp³-hybridized carbons (Fsp3) is 0.120. The van der Waals surface area contributed by atoms with Gasteiger partial charge in [-0.1, -0.05) is 42.5 Å². The summed E-state index contributed by atoms with van der Waals surface area (Å²) < 4.78 is 33.3. The van der Waals surface area contributed by atoms with Crippen molar-refractivity contribution in [2.24, 2.45) is 0 Å². The van der Waals surface area contributed by atoms with Crippen LogP contribution in [-0.4, -0.2) is 26.8 Å². The first kappa shape index (κ1) is 23.1. The van der Waals surface area contributed by atoms with Crippen molar-refractivity contribution in [1.82, 2.24) is 10.9 Å². The lowest BCUT2D eigenvalue weighted by atomic mass is 10.1. The molecule has 3 aromatic carbocycles. The molecule has 0 bridgehead atoms. The Labute approximate surface area is 197 Å². The molecule has 0 unspecified atom stereocenters. The second kappa shape index (κ2) is 9.40. The van der Waals surface area contributed by atoms with E-state index >= 15 is 0 Å². The van der Waals surface area contributed by atoms with Crippen molar-refractivity contribution in [3.63, 3.8) is 0 Å². The number of fused-ring (bicyclic) bond motifs is 1. The first-order valence-corrected chi connectivity index (χ1v) is 12.0. The zero-order valence-electron chi connectivity index (χ0n) is 18.6. The van der Waals surface area contributed by atoms with Crippen molar-refractivity contribution in [2.45, 2.75) is 18.7 Å². The number of nitrogens with zero attached hydrogens (tertiary/aromatic N) is 1. The first-order valence-electron chi connectivity index (χ1n) is 10.6. The minimum atomic E-state index is -3.90. The second-order valence-electron chi connectivity index (χ2n) is 7.49. The number of amides is 2. The molecule has 4 aromatic rings. The normalized spacial score (nSPS) is 11.2. The van der Waals surface area contributed by atoms with Crippen LogP contribution in [0.5, 0.6) is 0 Å². The van der Waals surface area contributed by atoms with Crippen LogP contribution in [0.2, 0.25) is 0 Å². The number of para-hydroxylation sites is 2. The Balaban J connectivity index is 1.51. The lowest BCUT2D eigenvalue weighted by Crippen LogP contribution is -2.41. The van der Waals surface area contributed by atoms with Gasteiger partial charge in [-0.15, -0.1) is 0 Å². The first-order chi connectivity index (χ1) is 16.3. The van der Waals surface area contributed by atoms with Gasteiger partial charge in [0.05, 0.1) is 10.6 Å². The maximum atomic E-state index is 13.2. The zero-order chi connectivity index (χ0) is 24.3. The molecular weight excluding hydrogens is 454 g/mol. The highest BCUT2D eigenvalue weighted by atomic mass is 32.2. The van der Waals surface area contributed by atoms with Gasteiger partial charge in [-0.05, 0) is 50.2 Å². The SMILES string of the molecule is CCN(c1ccccc1)S(=O)(=O)c1cccc(C(=O)NNC(=O)c2oc3ccccc3c2C)c1. The third-order valence-corrected chi connectivity index (χ3v) is 7.25. The number of aryl methyl sites for hydroxylation is 1. The van der Waals surface area contributed by atoms with E-state index in [9.17, 15) is 18.0 Å². The summed E-state index contributed by atoms with van der Waals surface area (Å²) in [4.78, 5) is 25.2. The fourth-order valence-corrected chi connectivity index (χ4v) is 5.16. The van der Waals surface area contributed by atoms with Gasteiger partial charge in [0.25, 0.3) is 15.9 Å². The fourth-order valence-electron chi connectivity index (χ4n) is 3.64. The Kier molecular flexibility index (Phi) is 6.38. The topological polar surface area (TPSA) is 109 Å². The highest BCUT2D eigenvalue weighted by Gasteiger charge is 2.25. The van der Waals surface area contributed by atoms with Gasteiger partial charge in [-0.2, -0.15) is 0 Å². The summed E-state index contributed by atoms with van der Waals surface area (Å²) in [6.45, 7) is 3.70. The molecule has 8 nitrogen and oxygen atoms in total. The molecule has 2 N–H and O–H groups in total. The maximum Gasteiger partial charge on any atom is 0.305 e. The number of nitrogens with one attached hydrogen (secondary N) is 2. The van der Waals surface area contributed by atoms with E-state index in [4.69, 9.17) is 4.42 Å². The molecule has 0 atom stereocenters. The van der Waals surface area contributed by atoms with Gasteiger partial charge >= 0.3 is 5.91 Å². The van der Waals surface area contributed by atoms with E-state index in [1.54, 1.807) is 56.3 Å². The number of hydrogen-bond donors (Lipinski definition) is 2. The number of anilines is 1. The van der Waals surface area contributed by atoms with Gasteiger partial charge in [-0.3, -0.25) is 24.7 Å². The van der Waals surface area contributed by atoms with Gasteiger partial charge in [0.1, 0.15) is 5.58 Å². The summed E-state index contributed by atoms with van der Waals surface area (Å²) in [7, 11) is -3.90. The van der Waals surface area contributed by atoms with Crippen LogP contribution in [0.15, 0.2) is 88.2 Å². The summed E-state index contributed by atoms with van der Waals surface area (Å²) in [6.07, 6.45) is 0. The molecular formula is C25H23N3O5S. The molecule has 174 valence electrons. The number of sulfonamides is 1. The number of hydrazine groups is 1. The van der Waals surface area contributed by atoms with E-state index in [2.05, 4.69) is 10.9 Å². The lowest BCUT2D eigenvalue weighted by molar-refractivity contribution is 0.0831. The monoisotopic (exact) mass is 477 g/mol. The molecule has 9 heteroatoms. The van der Waals surface area contributed by atoms with Crippen LogP contribution >= 0.6 is 0 Å². The number of benzene rings is 3. The molecule has 0 spiro atoms. The molecule has 0 aliphatic carbocycles. The molecule has 2 amide bonds. The molecule has 0 saturated heterocycles. The smallest absolute Gasteiger partial charge is 0.305 e. The largest absolute Gasteiger partial charge is 0.451 e. The van der Waals surface area contributed by atoms with Crippen LogP contribution in [0.3, 0.4) is 0 Å². The Bertz CT molecular complexity index is 1460. The molecule has 1 aromatic heterocycles. The molecule has 34 heavy (non-hydrogen) atoms. The molecule has 0 fully saturated rings. The van der Waals surface area contributed by atoms with Crippen molar-refractivity contribution in [1.29, 1.82) is 0 Å². The molecule has 0 radical (unpaired) electrons. The highest BCUT2D eigenvalue weighted by molar-refractivity contribution is 7.92. The Hall–Kier alpha value is -4.11. The average molecular weight is 478 g/mol. The molecule has 0 aliphatic rings. The van der Waals surface area contributed by atoms with E-state index in [-0.39, 0.29) is 22.8 Å². The summed E-state index contributed by atoms with van der Waals surface area (Å²) in [5.74, 6) is -1.20. The van der Waals surface area contributed by atoms with Crippen molar-refractivity contribution in [3.05, 3.63) is 95.7 Å². The molecule has 0 saturated carbocycles. The second-order valence-corrected chi connectivity index (χ2v) is 9.36. The average Bonchev–Trinajstić information content (AvgIpc) is 3.20. The third kappa shape index (κ3) is 4.38. The molecule has 4 rings (SSSR count). The van der Waals surface area contributed by atoms with Gasteiger partial charge in [0.15, 0.2) is 5.76 Å². The highest BCUT2D eigenvalue weighted by Crippen LogP contribution is 2.25. The van der Waals surface area contributed by atoms with Crippen molar-refractivity contribution >= 4 is 38.5 Å². The number of carbonyl (C=O) groups is 2. The van der Waals surface area contributed by atoms with Crippen molar-refractivity contribution in [3.8, 4) is 0 Å². The van der Waals surface area contributed by atoms with Gasteiger partial charge < -0.3 is 4.42 Å². The summed E-state index contributed by atoms with van der Waals surface area (Å²) >= 11 is 0. The number of carbonyl (C=O) groups excluding carboxylic acids is 2. The quantitative estimate of drug-likeness (QED) is 0.408. The van der Waals surface area contributed by atoms with Crippen LogP contribution in [0.1, 0.15) is 33.4 Å². The molecule has 1 heterocycles. The van der Waals surface area contributed by atoms with E-state index in [0.29, 0.717) is 16.8 Å². The predicted octanol–water partition coefficient (Wildman–Crippen LogP) is 4.03. The predicted molar refractivity (Wildman–Crippen MR) is 129 cm³/mol. The van der Waals surface area contributed by atoms with Crippen LogP contribution in [0.25, 0.3) is 11.0 Å². The van der Waals surface area contributed by atoms with Crippen molar-refractivity contribution in [2.75, 3.05) is 10.8 Å². The number of rotatable bonds is 6. The van der Waals surface area contributed by atoms with Crippen LogP contribution in [0.4, 0.5) is 5.69 Å². The lowest BCUT2D eigenvalue weighted by Gasteiger charge is -2.23.